The number of nitrogens with zero attached hydrogens (tertiary/aromatic N) is 4. The Morgan fingerprint density at radius 1 is 1.10 bits per heavy atom. The normalized spacial score (nSPS) is 20.4. The second-order valence-corrected chi connectivity index (χ2v) is 8.13. The Morgan fingerprint density at radius 2 is 1.97 bits per heavy atom. The SMILES string of the molecule is Cc1cc(Nc2ncn(-c3ccccc3)n2)cc(C2CCCN(C3COC3)C2)c1. The van der Waals surface area contributed by atoms with Crippen molar-refractivity contribution in [3.05, 3.63) is 66.0 Å². The van der Waals surface area contributed by atoms with Gasteiger partial charge in [0.05, 0.1) is 24.9 Å². The molecule has 0 saturated carbocycles. The van der Waals surface area contributed by atoms with Gasteiger partial charge in [-0.15, -0.1) is 5.10 Å². The van der Waals surface area contributed by atoms with Gasteiger partial charge in [-0.3, -0.25) is 4.90 Å². The van der Waals surface area contributed by atoms with Crippen LogP contribution in [0.2, 0.25) is 0 Å². The van der Waals surface area contributed by atoms with E-state index in [9.17, 15) is 0 Å². The summed E-state index contributed by atoms with van der Waals surface area (Å²) in [5, 5.41) is 7.97. The first-order chi connectivity index (χ1) is 14.2. The fraction of sp³-hybridized carbons (Fsp3) is 0.391. The third-order valence-electron chi connectivity index (χ3n) is 5.93. The molecule has 2 saturated heterocycles. The van der Waals surface area contributed by atoms with Gasteiger partial charge in [0.2, 0.25) is 5.95 Å². The highest BCUT2D eigenvalue weighted by Crippen LogP contribution is 2.32. The van der Waals surface area contributed by atoms with Crippen molar-refractivity contribution in [2.24, 2.45) is 0 Å². The van der Waals surface area contributed by atoms with E-state index >= 15 is 0 Å². The molecular weight excluding hydrogens is 362 g/mol. The summed E-state index contributed by atoms with van der Waals surface area (Å²) in [6.07, 6.45) is 4.24. The molecule has 6 heteroatoms. The molecule has 3 heterocycles. The van der Waals surface area contributed by atoms with Crippen LogP contribution >= 0.6 is 0 Å². The minimum absolute atomic E-state index is 0.569. The van der Waals surface area contributed by atoms with Crippen molar-refractivity contribution in [1.82, 2.24) is 19.7 Å². The Morgan fingerprint density at radius 3 is 2.76 bits per heavy atom. The van der Waals surface area contributed by atoms with E-state index in [0.29, 0.717) is 17.9 Å². The van der Waals surface area contributed by atoms with Crippen molar-refractivity contribution in [2.75, 3.05) is 31.6 Å². The van der Waals surface area contributed by atoms with E-state index in [4.69, 9.17) is 4.74 Å². The summed E-state index contributed by atoms with van der Waals surface area (Å²) in [6, 6.07) is 17.4. The predicted molar refractivity (Wildman–Crippen MR) is 114 cm³/mol. The van der Waals surface area contributed by atoms with Crippen LogP contribution in [0.25, 0.3) is 5.69 Å². The highest BCUT2D eigenvalue weighted by atomic mass is 16.5. The molecule has 2 aromatic carbocycles. The summed E-state index contributed by atoms with van der Waals surface area (Å²) in [6.45, 7) is 6.26. The minimum Gasteiger partial charge on any atom is -0.378 e. The van der Waals surface area contributed by atoms with Crippen LogP contribution in [0.1, 0.15) is 29.9 Å². The maximum atomic E-state index is 5.40. The maximum absolute atomic E-state index is 5.40. The van der Waals surface area contributed by atoms with Crippen molar-refractivity contribution in [2.45, 2.75) is 31.7 Å². The largest absolute Gasteiger partial charge is 0.378 e. The number of rotatable bonds is 5. The Labute approximate surface area is 171 Å². The van der Waals surface area contributed by atoms with Gasteiger partial charge in [-0.05, 0) is 67.6 Å². The standard InChI is InChI=1S/C23H27N5O/c1-17-10-19(18-6-5-9-27(13-18)22-14-29-15-22)12-20(11-17)25-23-24-16-28(26-23)21-7-3-2-4-8-21/h2-4,7-8,10-12,16,18,22H,5-6,9,13-15H2,1H3,(H,25,26). The van der Waals surface area contributed by atoms with Crippen molar-refractivity contribution in [3.8, 4) is 5.69 Å². The van der Waals surface area contributed by atoms with Crippen molar-refractivity contribution < 1.29 is 4.74 Å². The lowest BCUT2D eigenvalue weighted by Crippen LogP contribution is -2.52. The first-order valence-corrected chi connectivity index (χ1v) is 10.4. The molecule has 1 N–H and O–H groups in total. The second kappa shape index (κ2) is 7.97. The molecule has 6 nitrogen and oxygen atoms in total. The average Bonchev–Trinajstić information content (AvgIpc) is 3.16. The monoisotopic (exact) mass is 389 g/mol. The number of ether oxygens (including phenoxy) is 1. The van der Waals surface area contributed by atoms with Gasteiger partial charge in [0, 0.05) is 12.2 Å². The number of para-hydroxylation sites is 1. The number of hydrogen-bond donors (Lipinski definition) is 1. The summed E-state index contributed by atoms with van der Waals surface area (Å²) in [5.74, 6) is 1.18. The van der Waals surface area contributed by atoms with Crippen molar-refractivity contribution >= 4 is 11.6 Å². The molecule has 2 aliphatic rings. The zero-order valence-electron chi connectivity index (χ0n) is 16.8. The molecular formula is C23H27N5O. The topological polar surface area (TPSA) is 55.2 Å². The number of aryl methyl sites for hydroxylation is 1. The van der Waals surface area contributed by atoms with Gasteiger partial charge in [-0.2, -0.15) is 4.98 Å². The van der Waals surface area contributed by atoms with Crippen LogP contribution in [0.3, 0.4) is 0 Å². The molecule has 0 bridgehead atoms. The third kappa shape index (κ3) is 4.04. The lowest BCUT2D eigenvalue weighted by Gasteiger charge is -2.42. The molecule has 29 heavy (non-hydrogen) atoms. The molecule has 2 fully saturated rings. The highest BCUT2D eigenvalue weighted by Gasteiger charge is 2.31. The number of aromatic nitrogens is 3. The van der Waals surface area contributed by atoms with Crippen LogP contribution < -0.4 is 5.32 Å². The van der Waals surface area contributed by atoms with E-state index < -0.39 is 0 Å². The van der Waals surface area contributed by atoms with E-state index in [1.54, 1.807) is 11.0 Å². The Balaban J connectivity index is 1.32. The summed E-state index contributed by atoms with van der Waals surface area (Å²) >= 11 is 0. The smallest absolute Gasteiger partial charge is 0.246 e. The molecule has 2 aliphatic heterocycles. The Bertz CT molecular complexity index is 966. The quantitative estimate of drug-likeness (QED) is 0.717. The number of benzene rings is 2. The molecule has 0 amide bonds. The molecule has 0 radical (unpaired) electrons. The van der Waals surface area contributed by atoms with Gasteiger partial charge in [0.25, 0.3) is 0 Å². The van der Waals surface area contributed by atoms with Crippen LogP contribution in [0.15, 0.2) is 54.9 Å². The van der Waals surface area contributed by atoms with E-state index in [0.717, 1.165) is 31.1 Å². The van der Waals surface area contributed by atoms with Crippen LogP contribution in [0, 0.1) is 6.92 Å². The van der Waals surface area contributed by atoms with Gasteiger partial charge in [-0.25, -0.2) is 4.68 Å². The lowest BCUT2D eigenvalue weighted by atomic mass is 9.88. The van der Waals surface area contributed by atoms with E-state index in [2.05, 4.69) is 45.4 Å². The molecule has 0 aliphatic carbocycles. The number of piperidine rings is 1. The van der Waals surface area contributed by atoms with Crippen molar-refractivity contribution in [1.29, 1.82) is 0 Å². The minimum atomic E-state index is 0.569. The zero-order chi connectivity index (χ0) is 19.6. The molecule has 150 valence electrons. The van der Waals surface area contributed by atoms with Crippen LogP contribution in [-0.2, 0) is 4.74 Å². The fourth-order valence-electron chi connectivity index (χ4n) is 4.32. The van der Waals surface area contributed by atoms with Gasteiger partial charge < -0.3 is 10.1 Å². The van der Waals surface area contributed by atoms with Gasteiger partial charge >= 0.3 is 0 Å². The van der Waals surface area contributed by atoms with Crippen LogP contribution in [0.5, 0.6) is 0 Å². The van der Waals surface area contributed by atoms with E-state index in [-0.39, 0.29) is 0 Å². The summed E-state index contributed by atoms with van der Waals surface area (Å²) in [4.78, 5) is 7.04. The van der Waals surface area contributed by atoms with Gasteiger partial charge in [-0.1, -0.05) is 24.3 Å². The molecule has 3 aromatic rings. The Kier molecular flexibility index (Phi) is 5.04. The number of nitrogens with one attached hydrogen (secondary N) is 1. The van der Waals surface area contributed by atoms with Crippen LogP contribution in [0.4, 0.5) is 11.6 Å². The first kappa shape index (κ1) is 18.3. The fourth-order valence-corrected chi connectivity index (χ4v) is 4.32. The second-order valence-electron chi connectivity index (χ2n) is 8.13. The summed E-state index contributed by atoms with van der Waals surface area (Å²) in [5.41, 5.74) is 4.71. The number of likely N-dealkylation sites (tertiary alicyclic amines) is 1. The first-order valence-electron chi connectivity index (χ1n) is 10.4. The van der Waals surface area contributed by atoms with Gasteiger partial charge in [0.1, 0.15) is 6.33 Å². The summed E-state index contributed by atoms with van der Waals surface area (Å²) in [7, 11) is 0. The lowest BCUT2D eigenvalue weighted by molar-refractivity contribution is -0.0721. The molecule has 0 spiro atoms. The third-order valence-corrected chi connectivity index (χ3v) is 5.93. The Hall–Kier alpha value is -2.70. The average molecular weight is 390 g/mol. The van der Waals surface area contributed by atoms with Crippen molar-refractivity contribution in [3.63, 3.8) is 0 Å². The molecule has 1 aromatic heterocycles. The zero-order valence-corrected chi connectivity index (χ0v) is 16.8. The van der Waals surface area contributed by atoms with E-state index in [1.165, 1.54) is 30.5 Å². The van der Waals surface area contributed by atoms with Crippen LogP contribution in [-0.4, -0.2) is 52.0 Å². The van der Waals surface area contributed by atoms with E-state index in [1.807, 2.05) is 30.3 Å². The van der Waals surface area contributed by atoms with Gasteiger partial charge in [0.15, 0.2) is 0 Å². The maximum Gasteiger partial charge on any atom is 0.246 e. The molecule has 5 rings (SSSR count). The highest BCUT2D eigenvalue weighted by molar-refractivity contribution is 5.56. The molecule has 1 atom stereocenters. The number of hydrogen-bond acceptors (Lipinski definition) is 5. The summed E-state index contributed by atoms with van der Waals surface area (Å²) < 4.78 is 7.19. The number of anilines is 2. The molecule has 1 unspecified atom stereocenters. The predicted octanol–water partition coefficient (Wildman–Crippen LogP) is 3.90.